The molecule has 2 N–H and O–H groups in total. The van der Waals surface area contributed by atoms with Crippen molar-refractivity contribution in [1.82, 2.24) is 5.32 Å². The second kappa shape index (κ2) is 9.40. The number of ether oxygens (including phenoxy) is 1. The fourth-order valence-electron chi connectivity index (χ4n) is 2.21. The van der Waals surface area contributed by atoms with Crippen LogP contribution in [0.5, 0.6) is 0 Å². The van der Waals surface area contributed by atoms with E-state index in [0.717, 1.165) is 30.4 Å². The van der Waals surface area contributed by atoms with Gasteiger partial charge in [-0.05, 0) is 37.3 Å². The van der Waals surface area contributed by atoms with Crippen molar-refractivity contribution in [2.75, 3.05) is 6.54 Å². The van der Waals surface area contributed by atoms with E-state index in [9.17, 15) is 9.90 Å². The lowest BCUT2D eigenvalue weighted by atomic mass is 9.96. The van der Waals surface area contributed by atoms with Gasteiger partial charge in [-0.15, -0.1) is 0 Å². The van der Waals surface area contributed by atoms with Gasteiger partial charge in [-0.3, -0.25) is 0 Å². The van der Waals surface area contributed by atoms with Crippen LogP contribution in [-0.4, -0.2) is 23.8 Å². The molecule has 1 aromatic carbocycles. The first-order chi connectivity index (χ1) is 10.1. The zero-order chi connectivity index (χ0) is 15.7. The summed E-state index contributed by atoms with van der Waals surface area (Å²) in [5.74, 6) is 0. The molecule has 21 heavy (non-hydrogen) atoms. The monoisotopic (exact) mass is 293 g/mol. The summed E-state index contributed by atoms with van der Waals surface area (Å²) in [6, 6.07) is 7.65. The van der Waals surface area contributed by atoms with Gasteiger partial charge in [-0.2, -0.15) is 0 Å². The Balaban J connectivity index is 2.76. The molecular weight excluding hydrogens is 266 g/mol. The standard InChI is InChI=1S/C17H27NO3/c1-4-6-11-15(21-17(20)18-12-5-2)16(19)14-10-8-7-9-13(14)3/h7-10,15-16,19H,4-6,11-12H2,1-3H3,(H,18,20). The minimum Gasteiger partial charge on any atom is -0.443 e. The molecule has 0 aliphatic rings. The second-order valence-corrected chi connectivity index (χ2v) is 5.31. The topological polar surface area (TPSA) is 58.6 Å². The number of benzene rings is 1. The SMILES string of the molecule is CCCCC(OC(=O)NCCC)C(O)c1ccccc1C. The predicted molar refractivity (Wildman–Crippen MR) is 84.2 cm³/mol. The summed E-state index contributed by atoms with van der Waals surface area (Å²) in [4.78, 5) is 11.8. The minimum absolute atomic E-state index is 0.453. The molecular formula is C17H27NO3. The third kappa shape index (κ3) is 5.76. The normalized spacial score (nSPS) is 13.5. The average Bonchev–Trinajstić information content (AvgIpc) is 2.49. The van der Waals surface area contributed by atoms with Crippen LogP contribution in [0.15, 0.2) is 24.3 Å². The number of amides is 1. The Morgan fingerprint density at radius 1 is 1.29 bits per heavy atom. The lowest BCUT2D eigenvalue weighted by Crippen LogP contribution is -2.33. The van der Waals surface area contributed by atoms with Gasteiger partial charge in [0.2, 0.25) is 0 Å². The summed E-state index contributed by atoms with van der Waals surface area (Å²) in [7, 11) is 0. The fourth-order valence-corrected chi connectivity index (χ4v) is 2.21. The van der Waals surface area contributed by atoms with Crippen LogP contribution >= 0.6 is 0 Å². The van der Waals surface area contributed by atoms with Crippen molar-refractivity contribution in [3.63, 3.8) is 0 Å². The summed E-state index contributed by atoms with van der Waals surface area (Å²) in [6.07, 6.45) is 1.67. The van der Waals surface area contributed by atoms with Crippen molar-refractivity contribution in [3.8, 4) is 0 Å². The Labute approximate surface area is 127 Å². The van der Waals surface area contributed by atoms with Crippen molar-refractivity contribution in [1.29, 1.82) is 0 Å². The number of rotatable bonds is 8. The number of aryl methyl sites for hydroxylation is 1. The number of hydrogen-bond donors (Lipinski definition) is 2. The predicted octanol–water partition coefficient (Wildman–Crippen LogP) is 3.72. The number of aliphatic hydroxyl groups is 1. The van der Waals surface area contributed by atoms with E-state index >= 15 is 0 Å². The first kappa shape index (κ1) is 17.5. The molecule has 0 aliphatic carbocycles. The fraction of sp³-hybridized carbons (Fsp3) is 0.588. The van der Waals surface area contributed by atoms with E-state index in [4.69, 9.17) is 4.74 Å². The number of unbranched alkanes of at least 4 members (excludes halogenated alkanes) is 1. The number of hydrogen-bond acceptors (Lipinski definition) is 3. The maximum Gasteiger partial charge on any atom is 0.407 e. The highest BCUT2D eigenvalue weighted by Gasteiger charge is 2.25. The van der Waals surface area contributed by atoms with Gasteiger partial charge in [0.15, 0.2) is 0 Å². The number of nitrogens with one attached hydrogen (secondary N) is 1. The molecule has 0 aromatic heterocycles. The van der Waals surface area contributed by atoms with Crippen LogP contribution in [0.3, 0.4) is 0 Å². The van der Waals surface area contributed by atoms with Crippen molar-refractivity contribution in [2.24, 2.45) is 0 Å². The van der Waals surface area contributed by atoms with Gasteiger partial charge < -0.3 is 15.2 Å². The molecule has 1 amide bonds. The minimum atomic E-state index is -0.787. The summed E-state index contributed by atoms with van der Waals surface area (Å²) < 4.78 is 5.43. The van der Waals surface area contributed by atoms with Gasteiger partial charge >= 0.3 is 6.09 Å². The quantitative estimate of drug-likeness (QED) is 0.768. The molecule has 4 nitrogen and oxygen atoms in total. The molecule has 0 saturated carbocycles. The molecule has 0 bridgehead atoms. The molecule has 2 atom stereocenters. The lowest BCUT2D eigenvalue weighted by molar-refractivity contribution is -0.00410. The summed E-state index contributed by atoms with van der Waals surface area (Å²) in [5, 5.41) is 13.2. The van der Waals surface area contributed by atoms with Crippen LogP contribution in [0.1, 0.15) is 56.8 Å². The van der Waals surface area contributed by atoms with E-state index < -0.39 is 18.3 Å². The Morgan fingerprint density at radius 2 is 2.00 bits per heavy atom. The summed E-state index contributed by atoms with van der Waals surface area (Å²) in [5.41, 5.74) is 1.82. The molecule has 4 heteroatoms. The highest BCUT2D eigenvalue weighted by atomic mass is 16.6. The van der Waals surface area contributed by atoms with Crippen LogP contribution in [-0.2, 0) is 4.74 Å². The molecule has 0 fully saturated rings. The van der Waals surface area contributed by atoms with Crippen LogP contribution < -0.4 is 5.32 Å². The van der Waals surface area contributed by atoms with E-state index in [0.29, 0.717) is 13.0 Å². The first-order valence-corrected chi connectivity index (χ1v) is 7.78. The average molecular weight is 293 g/mol. The largest absolute Gasteiger partial charge is 0.443 e. The number of carbonyl (C=O) groups excluding carboxylic acids is 1. The Hall–Kier alpha value is -1.55. The summed E-state index contributed by atoms with van der Waals surface area (Å²) >= 11 is 0. The molecule has 1 rings (SSSR count). The van der Waals surface area contributed by atoms with Crippen molar-refractivity contribution in [3.05, 3.63) is 35.4 Å². The molecule has 1 aromatic rings. The van der Waals surface area contributed by atoms with Crippen LogP contribution in [0.2, 0.25) is 0 Å². The maximum atomic E-state index is 11.8. The zero-order valence-electron chi connectivity index (χ0n) is 13.3. The van der Waals surface area contributed by atoms with Gasteiger partial charge in [-0.1, -0.05) is 44.5 Å². The van der Waals surface area contributed by atoms with Gasteiger partial charge in [0.25, 0.3) is 0 Å². The first-order valence-electron chi connectivity index (χ1n) is 7.78. The third-order valence-corrected chi connectivity index (χ3v) is 3.48. The second-order valence-electron chi connectivity index (χ2n) is 5.31. The van der Waals surface area contributed by atoms with Crippen molar-refractivity contribution < 1.29 is 14.6 Å². The van der Waals surface area contributed by atoms with E-state index in [1.807, 2.05) is 38.1 Å². The Morgan fingerprint density at radius 3 is 2.62 bits per heavy atom. The van der Waals surface area contributed by atoms with Gasteiger partial charge in [0.05, 0.1) is 0 Å². The highest BCUT2D eigenvalue weighted by Crippen LogP contribution is 2.25. The Bertz CT molecular complexity index is 434. The van der Waals surface area contributed by atoms with Crippen molar-refractivity contribution >= 4 is 6.09 Å². The summed E-state index contributed by atoms with van der Waals surface area (Å²) in [6.45, 7) is 6.60. The third-order valence-electron chi connectivity index (χ3n) is 3.48. The molecule has 0 radical (unpaired) electrons. The van der Waals surface area contributed by atoms with Crippen molar-refractivity contribution in [2.45, 2.75) is 58.7 Å². The van der Waals surface area contributed by atoms with E-state index in [1.54, 1.807) is 0 Å². The van der Waals surface area contributed by atoms with Gasteiger partial charge in [-0.25, -0.2) is 4.79 Å². The van der Waals surface area contributed by atoms with Crippen LogP contribution in [0, 0.1) is 6.92 Å². The van der Waals surface area contributed by atoms with E-state index in [-0.39, 0.29) is 0 Å². The van der Waals surface area contributed by atoms with Gasteiger partial charge in [0, 0.05) is 6.54 Å². The van der Waals surface area contributed by atoms with Gasteiger partial charge in [0.1, 0.15) is 12.2 Å². The maximum absolute atomic E-state index is 11.8. The Kier molecular flexibility index (Phi) is 7.83. The zero-order valence-corrected chi connectivity index (χ0v) is 13.3. The smallest absolute Gasteiger partial charge is 0.407 e. The molecule has 2 unspecified atom stereocenters. The number of alkyl carbamates (subject to hydrolysis) is 1. The molecule has 0 saturated heterocycles. The number of carbonyl (C=O) groups is 1. The van der Waals surface area contributed by atoms with Crippen LogP contribution in [0.4, 0.5) is 4.79 Å². The molecule has 0 spiro atoms. The number of aliphatic hydroxyl groups excluding tert-OH is 1. The molecule has 0 aliphatic heterocycles. The lowest BCUT2D eigenvalue weighted by Gasteiger charge is -2.24. The molecule has 118 valence electrons. The van der Waals surface area contributed by atoms with Crippen LogP contribution in [0.25, 0.3) is 0 Å². The van der Waals surface area contributed by atoms with E-state index in [2.05, 4.69) is 12.2 Å². The molecule has 0 heterocycles. The highest BCUT2D eigenvalue weighted by molar-refractivity contribution is 5.67. The van der Waals surface area contributed by atoms with E-state index in [1.165, 1.54) is 0 Å².